The molecule has 0 aliphatic carbocycles. The molecule has 0 bridgehead atoms. The van der Waals surface area contributed by atoms with E-state index in [0.717, 1.165) is 30.4 Å². The van der Waals surface area contributed by atoms with Crippen LogP contribution in [0.25, 0.3) is 5.76 Å². The third kappa shape index (κ3) is 6.42. The molecular weight excluding hydrogens is 506 g/mol. The zero-order valence-electron chi connectivity index (χ0n) is 23.2. The van der Waals surface area contributed by atoms with Gasteiger partial charge in [-0.1, -0.05) is 61.7 Å². The Balaban J connectivity index is 1.71. The van der Waals surface area contributed by atoms with Crippen molar-refractivity contribution in [1.82, 2.24) is 0 Å². The molecule has 1 unspecified atom stereocenters. The van der Waals surface area contributed by atoms with Crippen molar-refractivity contribution in [2.45, 2.75) is 52.5 Å². The van der Waals surface area contributed by atoms with Crippen LogP contribution >= 0.6 is 0 Å². The molecule has 7 heteroatoms. The molecule has 1 N–H and O–H groups in total. The monoisotopic (exact) mass is 541 g/mol. The van der Waals surface area contributed by atoms with Crippen molar-refractivity contribution in [2.75, 3.05) is 18.1 Å². The number of nitrogens with zero attached hydrogens (tertiary/aromatic N) is 1. The number of anilines is 1. The molecule has 0 saturated carbocycles. The molecule has 1 atom stereocenters. The molecule has 1 amide bonds. The van der Waals surface area contributed by atoms with Crippen LogP contribution in [0.2, 0.25) is 0 Å². The van der Waals surface area contributed by atoms with E-state index < -0.39 is 17.7 Å². The number of ketones is 1. The van der Waals surface area contributed by atoms with Gasteiger partial charge >= 0.3 is 5.97 Å². The third-order valence-electron chi connectivity index (χ3n) is 6.81. The van der Waals surface area contributed by atoms with E-state index in [2.05, 4.69) is 6.92 Å². The maximum atomic E-state index is 13.4. The summed E-state index contributed by atoms with van der Waals surface area (Å²) in [6, 6.07) is 20.5. The minimum absolute atomic E-state index is 0.0165. The number of ether oxygens (including phenoxy) is 2. The number of rotatable bonds is 11. The summed E-state index contributed by atoms with van der Waals surface area (Å²) in [5.74, 6) is -1.41. The van der Waals surface area contributed by atoms with Crippen LogP contribution in [0.4, 0.5) is 5.69 Å². The smallest absolute Gasteiger partial charge is 0.310 e. The largest absolute Gasteiger partial charge is 0.507 e. The molecule has 1 heterocycles. The number of benzene rings is 3. The summed E-state index contributed by atoms with van der Waals surface area (Å²) in [6.07, 6.45) is 3.26. The first-order valence-corrected chi connectivity index (χ1v) is 13.7. The molecule has 1 aliphatic heterocycles. The predicted molar refractivity (Wildman–Crippen MR) is 154 cm³/mol. The highest BCUT2D eigenvalue weighted by Gasteiger charge is 2.47. The molecule has 0 spiro atoms. The van der Waals surface area contributed by atoms with Crippen LogP contribution in [0.5, 0.6) is 5.75 Å². The Bertz CT molecular complexity index is 1390. The number of carbonyl (C=O) groups excluding carboxylic acids is 3. The first kappa shape index (κ1) is 28.6. The quantitative estimate of drug-likeness (QED) is 0.101. The summed E-state index contributed by atoms with van der Waals surface area (Å²) in [5, 5.41) is 11.4. The van der Waals surface area contributed by atoms with Gasteiger partial charge in [0.1, 0.15) is 11.5 Å². The molecule has 40 heavy (non-hydrogen) atoms. The molecule has 0 radical (unpaired) electrons. The molecule has 1 aliphatic rings. The topological polar surface area (TPSA) is 93.1 Å². The van der Waals surface area contributed by atoms with Gasteiger partial charge in [-0.05, 0) is 67.8 Å². The lowest BCUT2D eigenvalue weighted by atomic mass is 9.94. The first-order chi connectivity index (χ1) is 19.3. The Labute approximate surface area is 235 Å². The van der Waals surface area contributed by atoms with Crippen LogP contribution < -0.4 is 9.64 Å². The lowest BCUT2D eigenvalue weighted by molar-refractivity contribution is -0.142. The lowest BCUT2D eigenvalue weighted by Gasteiger charge is -2.26. The van der Waals surface area contributed by atoms with Crippen molar-refractivity contribution in [3.8, 4) is 5.75 Å². The van der Waals surface area contributed by atoms with E-state index in [1.54, 1.807) is 55.5 Å². The maximum Gasteiger partial charge on any atom is 0.310 e. The van der Waals surface area contributed by atoms with Gasteiger partial charge in [-0.2, -0.15) is 0 Å². The average Bonchev–Trinajstić information content (AvgIpc) is 3.21. The summed E-state index contributed by atoms with van der Waals surface area (Å²) in [5.41, 5.74) is 3.30. The lowest BCUT2D eigenvalue weighted by Crippen LogP contribution is -2.29. The van der Waals surface area contributed by atoms with Crippen molar-refractivity contribution < 1.29 is 29.0 Å². The summed E-state index contributed by atoms with van der Waals surface area (Å²) < 4.78 is 10.8. The van der Waals surface area contributed by atoms with Crippen LogP contribution in [0.1, 0.15) is 61.4 Å². The molecular formula is C33H35NO6. The summed E-state index contributed by atoms with van der Waals surface area (Å²) in [6.45, 7) is 6.72. The summed E-state index contributed by atoms with van der Waals surface area (Å²) >= 11 is 0. The van der Waals surface area contributed by atoms with Crippen LogP contribution in [-0.4, -0.2) is 36.0 Å². The van der Waals surface area contributed by atoms with Crippen molar-refractivity contribution in [2.24, 2.45) is 0 Å². The van der Waals surface area contributed by atoms with E-state index in [0.29, 0.717) is 35.8 Å². The number of esters is 1. The number of hydrogen-bond donors (Lipinski definition) is 1. The number of aliphatic hydroxyl groups excluding tert-OH is 1. The molecule has 3 aromatic rings. The van der Waals surface area contributed by atoms with Crippen LogP contribution in [-0.2, 0) is 25.5 Å². The third-order valence-corrected chi connectivity index (χ3v) is 6.81. The fourth-order valence-electron chi connectivity index (χ4n) is 4.81. The Morgan fingerprint density at radius 3 is 2.33 bits per heavy atom. The van der Waals surface area contributed by atoms with Crippen molar-refractivity contribution in [1.29, 1.82) is 0 Å². The van der Waals surface area contributed by atoms with Crippen molar-refractivity contribution >= 4 is 29.1 Å². The van der Waals surface area contributed by atoms with Gasteiger partial charge in [-0.25, -0.2) is 0 Å². The SMILES string of the molecule is CCCCCOc1ccc(/C(O)=C2/C(=O)C(=O)N(c3ccc(CC(=O)OCC)cc3)C2c2cccc(C)c2)cc1. The van der Waals surface area contributed by atoms with E-state index in [4.69, 9.17) is 9.47 Å². The number of aliphatic hydroxyl groups is 1. The number of Topliss-reactive ketones (excluding diaryl/α,β-unsaturated/α-hetero) is 1. The van der Waals surface area contributed by atoms with Gasteiger partial charge in [0.25, 0.3) is 11.7 Å². The molecule has 1 saturated heterocycles. The standard InChI is InChI=1S/C33H35NO6/c1-4-6-7-19-40-27-17-13-24(14-18-27)31(36)29-30(25-10-8-9-22(3)20-25)34(33(38)32(29)37)26-15-11-23(12-16-26)21-28(35)39-5-2/h8-18,20,30,36H,4-7,19,21H2,1-3H3/b31-29-. The van der Waals surface area contributed by atoms with Gasteiger partial charge in [0.2, 0.25) is 0 Å². The number of hydrogen-bond acceptors (Lipinski definition) is 6. The fourth-order valence-corrected chi connectivity index (χ4v) is 4.81. The second-order valence-corrected chi connectivity index (χ2v) is 9.81. The van der Waals surface area contributed by atoms with Gasteiger partial charge in [0, 0.05) is 11.3 Å². The number of aryl methyl sites for hydroxylation is 1. The van der Waals surface area contributed by atoms with Crippen LogP contribution in [0, 0.1) is 6.92 Å². The van der Waals surface area contributed by atoms with Gasteiger partial charge in [0.05, 0.1) is 31.2 Å². The minimum Gasteiger partial charge on any atom is -0.507 e. The molecule has 3 aromatic carbocycles. The van der Waals surface area contributed by atoms with Gasteiger partial charge < -0.3 is 14.6 Å². The van der Waals surface area contributed by atoms with Crippen LogP contribution in [0.3, 0.4) is 0 Å². The summed E-state index contributed by atoms with van der Waals surface area (Å²) in [4.78, 5) is 40.2. The van der Waals surface area contributed by atoms with Crippen LogP contribution in [0.15, 0.2) is 78.4 Å². The minimum atomic E-state index is -0.833. The molecule has 0 aromatic heterocycles. The molecule has 208 valence electrons. The number of unbranched alkanes of at least 4 members (excludes halogenated alkanes) is 2. The van der Waals surface area contributed by atoms with Gasteiger partial charge in [0.15, 0.2) is 0 Å². The highest BCUT2D eigenvalue weighted by Crippen LogP contribution is 2.42. The molecule has 1 fully saturated rings. The maximum absolute atomic E-state index is 13.4. The van der Waals surface area contributed by atoms with E-state index in [1.165, 1.54) is 4.90 Å². The van der Waals surface area contributed by atoms with E-state index >= 15 is 0 Å². The predicted octanol–water partition coefficient (Wildman–Crippen LogP) is 6.30. The van der Waals surface area contributed by atoms with Gasteiger partial charge in [-0.3, -0.25) is 19.3 Å². The fraction of sp³-hybridized carbons (Fsp3) is 0.303. The number of carbonyl (C=O) groups is 3. The molecule has 7 nitrogen and oxygen atoms in total. The highest BCUT2D eigenvalue weighted by molar-refractivity contribution is 6.51. The van der Waals surface area contributed by atoms with Crippen molar-refractivity contribution in [3.05, 3.63) is 101 Å². The Morgan fingerprint density at radius 1 is 0.950 bits per heavy atom. The van der Waals surface area contributed by atoms with E-state index in [9.17, 15) is 19.5 Å². The second-order valence-electron chi connectivity index (χ2n) is 9.81. The zero-order chi connectivity index (χ0) is 28.6. The summed E-state index contributed by atoms with van der Waals surface area (Å²) in [7, 11) is 0. The second kappa shape index (κ2) is 13.1. The number of amides is 1. The van der Waals surface area contributed by atoms with E-state index in [-0.39, 0.29) is 23.7 Å². The highest BCUT2D eigenvalue weighted by atomic mass is 16.5. The zero-order valence-corrected chi connectivity index (χ0v) is 23.2. The Hall–Kier alpha value is -4.39. The van der Waals surface area contributed by atoms with E-state index in [1.807, 2.05) is 31.2 Å². The van der Waals surface area contributed by atoms with Crippen molar-refractivity contribution in [3.63, 3.8) is 0 Å². The Kier molecular flexibility index (Phi) is 9.38. The normalized spacial score (nSPS) is 16.3. The first-order valence-electron chi connectivity index (χ1n) is 13.7. The van der Waals surface area contributed by atoms with Gasteiger partial charge in [-0.15, -0.1) is 0 Å². The average molecular weight is 542 g/mol. The molecule has 4 rings (SSSR count). The Morgan fingerprint density at radius 2 is 1.68 bits per heavy atom.